The molecule has 0 atom stereocenters. The molecule has 0 N–H and O–H groups in total. The molecule has 2 aromatic rings. The number of rotatable bonds is 4. The first-order valence-corrected chi connectivity index (χ1v) is 9.62. The molecule has 0 radical (unpaired) electrons. The summed E-state index contributed by atoms with van der Waals surface area (Å²) in [6.45, 7) is 7.47. The molecule has 0 saturated heterocycles. The van der Waals surface area contributed by atoms with Crippen LogP contribution in [0.2, 0.25) is 0 Å². The van der Waals surface area contributed by atoms with Crippen LogP contribution in [0.4, 0.5) is 0 Å². The highest BCUT2D eigenvalue weighted by Crippen LogP contribution is 2.43. The van der Waals surface area contributed by atoms with Crippen molar-refractivity contribution in [1.29, 1.82) is 0 Å². The van der Waals surface area contributed by atoms with E-state index in [-0.39, 0.29) is 11.5 Å². The van der Waals surface area contributed by atoms with Gasteiger partial charge < -0.3 is 18.9 Å². The van der Waals surface area contributed by atoms with Gasteiger partial charge in [0.15, 0.2) is 5.76 Å². The molecular weight excluding hydrogens is 370 g/mol. The number of Topliss-reactive ketones (excluding diaryl/α,β-unsaturated/α-hetero) is 1. The van der Waals surface area contributed by atoms with Gasteiger partial charge in [-0.15, -0.1) is 0 Å². The molecule has 0 spiro atoms. The first-order chi connectivity index (χ1) is 13.9. The molecule has 0 aliphatic carbocycles. The van der Waals surface area contributed by atoms with Crippen molar-refractivity contribution in [1.82, 2.24) is 4.90 Å². The molecular formula is C23H25NO5. The fraction of sp³-hybridized carbons (Fsp3) is 0.348. The van der Waals surface area contributed by atoms with Crippen molar-refractivity contribution in [3.63, 3.8) is 0 Å². The number of carbonyl (C=O) groups is 1. The zero-order valence-electron chi connectivity index (χ0n) is 17.4. The SMILES string of the molecule is COc1ccc(OC)c(/C=C2\Oc3c(cc4c(c3C)OCN(C(C)C)C4)C2=O)c1. The van der Waals surface area contributed by atoms with Gasteiger partial charge in [0.2, 0.25) is 5.78 Å². The molecule has 0 aromatic heterocycles. The number of methoxy groups -OCH3 is 2. The van der Waals surface area contributed by atoms with E-state index in [0.717, 1.165) is 23.4 Å². The van der Waals surface area contributed by atoms with E-state index in [1.54, 1.807) is 26.4 Å². The largest absolute Gasteiger partial charge is 0.497 e. The van der Waals surface area contributed by atoms with Gasteiger partial charge in [0.1, 0.15) is 29.7 Å². The van der Waals surface area contributed by atoms with Crippen LogP contribution >= 0.6 is 0 Å². The van der Waals surface area contributed by atoms with Crippen LogP contribution in [-0.2, 0) is 6.54 Å². The Hall–Kier alpha value is -2.99. The number of ketones is 1. The second-order valence-corrected chi connectivity index (χ2v) is 7.53. The Labute approximate surface area is 170 Å². The quantitative estimate of drug-likeness (QED) is 0.724. The highest BCUT2D eigenvalue weighted by Gasteiger charge is 2.34. The van der Waals surface area contributed by atoms with Gasteiger partial charge in [-0.3, -0.25) is 9.69 Å². The lowest BCUT2D eigenvalue weighted by Crippen LogP contribution is -2.37. The molecule has 0 fully saturated rings. The molecule has 2 aromatic carbocycles. The number of carbonyl (C=O) groups excluding carboxylic acids is 1. The molecule has 0 amide bonds. The third-order valence-corrected chi connectivity index (χ3v) is 5.42. The molecule has 4 rings (SSSR count). The third-order valence-electron chi connectivity index (χ3n) is 5.42. The van der Waals surface area contributed by atoms with E-state index in [1.165, 1.54) is 0 Å². The Morgan fingerprint density at radius 1 is 1.14 bits per heavy atom. The van der Waals surface area contributed by atoms with Gasteiger partial charge in [-0.05, 0) is 51.1 Å². The van der Waals surface area contributed by atoms with Crippen molar-refractivity contribution >= 4 is 11.9 Å². The summed E-state index contributed by atoms with van der Waals surface area (Å²) in [5, 5.41) is 0. The lowest BCUT2D eigenvalue weighted by molar-refractivity contribution is 0.0678. The van der Waals surface area contributed by atoms with Gasteiger partial charge >= 0.3 is 0 Å². The Morgan fingerprint density at radius 2 is 1.93 bits per heavy atom. The maximum absolute atomic E-state index is 13.1. The topological polar surface area (TPSA) is 57.2 Å². The van der Waals surface area contributed by atoms with Crippen LogP contribution < -0.4 is 18.9 Å². The Morgan fingerprint density at radius 3 is 2.62 bits per heavy atom. The normalized spacial score (nSPS) is 17.0. The van der Waals surface area contributed by atoms with Crippen LogP contribution in [0.5, 0.6) is 23.0 Å². The molecule has 152 valence electrons. The van der Waals surface area contributed by atoms with Gasteiger partial charge in [0.25, 0.3) is 0 Å². The molecule has 2 aliphatic rings. The van der Waals surface area contributed by atoms with Crippen molar-refractivity contribution in [2.45, 2.75) is 33.4 Å². The average molecular weight is 395 g/mol. The zero-order valence-corrected chi connectivity index (χ0v) is 17.4. The second-order valence-electron chi connectivity index (χ2n) is 7.53. The van der Waals surface area contributed by atoms with Gasteiger partial charge in [0.05, 0.1) is 19.8 Å². The van der Waals surface area contributed by atoms with Crippen LogP contribution in [0.3, 0.4) is 0 Å². The predicted molar refractivity (Wildman–Crippen MR) is 110 cm³/mol. The first kappa shape index (κ1) is 19.3. The smallest absolute Gasteiger partial charge is 0.231 e. The van der Waals surface area contributed by atoms with Crippen molar-refractivity contribution < 1.29 is 23.7 Å². The summed E-state index contributed by atoms with van der Waals surface area (Å²) in [5.74, 6) is 2.82. The highest BCUT2D eigenvalue weighted by atomic mass is 16.5. The predicted octanol–water partition coefficient (Wildman–Crippen LogP) is 4.19. The van der Waals surface area contributed by atoms with Gasteiger partial charge in [-0.25, -0.2) is 0 Å². The number of ether oxygens (including phenoxy) is 4. The Bertz CT molecular complexity index is 1010. The molecule has 6 heteroatoms. The van der Waals surface area contributed by atoms with Crippen molar-refractivity contribution in [2.24, 2.45) is 0 Å². The molecule has 29 heavy (non-hydrogen) atoms. The Balaban J connectivity index is 1.73. The fourth-order valence-electron chi connectivity index (χ4n) is 3.69. The monoisotopic (exact) mass is 395 g/mol. The molecule has 2 heterocycles. The summed E-state index contributed by atoms with van der Waals surface area (Å²) in [4.78, 5) is 15.3. The molecule has 2 aliphatic heterocycles. The first-order valence-electron chi connectivity index (χ1n) is 9.62. The Kier molecular flexibility index (Phi) is 4.96. The van der Waals surface area contributed by atoms with Crippen LogP contribution in [0.15, 0.2) is 30.0 Å². The minimum atomic E-state index is -0.141. The minimum Gasteiger partial charge on any atom is -0.497 e. The van der Waals surface area contributed by atoms with E-state index < -0.39 is 0 Å². The standard InChI is InChI=1S/C23H25NO5/c1-13(2)24-11-16-9-18-21(25)20(29-23(18)14(3)22(16)28-12-24)10-15-8-17(26-4)6-7-19(15)27-5/h6-10,13H,11-12H2,1-5H3/b20-10-. The zero-order chi connectivity index (χ0) is 20.7. The average Bonchev–Trinajstić information content (AvgIpc) is 3.03. The summed E-state index contributed by atoms with van der Waals surface area (Å²) >= 11 is 0. The van der Waals surface area contributed by atoms with Crippen LogP contribution in [0.1, 0.15) is 40.9 Å². The van der Waals surface area contributed by atoms with E-state index >= 15 is 0 Å². The summed E-state index contributed by atoms with van der Waals surface area (Å²) in [7, 11) is 3.19. The third kappa shape index (κ3) is 3.34. The number of nitrogens with zero attached hydrogens (tertiary/aromatic N) is 1. The minimum absolute atomic E-state index is 0.141. The summed E-state index contributed by atoms with van der Waals surface area (Å²) in [5.41, 5.74) is 3.16. The van der Waals surface area contributed by atoms with Gasteiger partial charge in [-0.2, -0.15) is 0 Å². The highest BCUT2D eigenvalue weighted by molar-refractivity contribution is 6.15. The maximum atomic E-state index is 13.1. The van der Waals surface area contributed by atoms with E-state index in [0.29, 0.717) is 41.1 Å². The summed E-state index contributed by atoms with van der Waals surface area (Å²) in [6.07, 6.45) is 1.70. The lowest BCUT2D eigenvalue weighted by atomic mass is 9.99. The van der Waals surface area contributed by atoms with Gasteiger partial charge in [-0.1, -0.05) is 0 Å². The van der Waals surface area contributed by atoms with Crippen molar-refractivity contribution in [3.8, 4) is 23.0 Å². The summed E-state index contributed by atoms with van der Waals surface area (Å²) in [6, 6.07) is 7.68. The van der Waals surface area contributed by atoms with Gasteiger partial charge in [0, 0.05) is 29.3 Å². The molecule has 6 nitrogen and oxygen atoms in total. The fourth-order valence-corrected chi connectivity index (χ4v) is 3.69. The molecule has 0 saturated carbocycles. The van der Waals surface area contributed by atoms with E-state index in [2.05, 4.69) is 18.7 Å². The number of fused-ring (bicyclic) bond motifs is 2. The lowest BCUT2D eigenvalue weighted by Gasteiger charge is -2.32. The van der Waals surface area contributed by atoms with Crippen molar-refractivity contribution in [3.05, 3.63) is 52.3 Å². The molecule has 0 bridgehead atoms. The van der Waals surface area contributed by atoms with Crippen LogP contribution in [0.25, 0.3) is 6.08 Å². The number of benzene rings is 2. The number of hydrogen-bond donors (Lipinski definition) is 0. The number of allylic oxidation sites excluding steroid dienone is 1. The maximum Gasteiger partial charge on any atom is 0.231 e. The number of hydrogen-bond acceptors (Lipinski definition) is 6. The molecule has 0 unspecified atom stereocenters. The van der Waals surface area contributed by atoms with Crippen molar-refractivity contribution in [2.75, 3.05) is 21.0 Å². The second kappa shape index (κ2) is 7.44. The van der Waals surface area contributed by atoms with E-state index in [1.807, 2.05) is 25.1 Å². The van der Waals surface area contributed by atoms with Crippen LogP contribution in [0, 0.1) is 6.92 Å². The van der Waals surface area contributed by atoms with Crippen LogP contribution in [-0.4, -0.2) is 37.7 Å². The van der Waals surface area contributed by atoms with E-state index in [4.69, 9.17) is 18.9 Å². The van der Waals surface area contributed by atoms with E-state index in [9.17, 15) is 4.79 Å². The summed E-state index contributed by atoms with van der Waals surface area (Å²) < 4.78 is 22.7.